The van der Waals surface area contributed by atoms with Crippen molar-refractivity contribution in [1.29, 1.82) is 0 Å². The monoisotopic (exact) mass is 344 g/mol. The van der Waals surface area contributed by atoms with E-state index >= 15 is 0 Å². The molecule has 0 radical (unpaired) electrons. The normalized spacial score (nSPS) is 20.3. The molecule has 3 rings (SSSR count). The summed E-state index contributed by atoms with van der Waals surface area (Å²) in [6.07, 6.45) is 6.29. The summed E-state index contributed by atoms with van der Waals surface area (Å²) in [5.41, 5.74) is 0.748. The SMILES string of the molecule is COC(=O)c1ccc([N+](=O)[O-])c(N2CCC(C)C(n3ccnc3)C2)c1. The number of hydrogen-bond donors (Lipinski definition) is 0. The molecule has 1 fully saturated rings. The summed E-state index contributed by atoms with van der Waals surface area (Å²) in [6.45, 7) is 3.47. The Bertz CT molecular complexity index is 775. The topological polar surface area (TPSA) is 90.5 Å². The molecule has 8 nitrogen and oxygen atoms in total. The van der Waals surface area contributed by atoms with Gasteiger partial charge in [-0.05, 0) is 24.5 Å². The molecule has 1 aliphatic heterocycles. The van der Waals surface area contributed by atoms with E-state index in [4.69, 9.17) is 4.74 Å². The minimum atomic E-state index is -0.507. The van der Waals surface area contributed by atoms with Gasteiger partial charge in [-0.3, -0.25) is 10.1 Å². The van der Waals surface area contributed by atoms with Crippen molar-refractivity contribution in [1.82, 2.24) is 9.55 Å². The number of aromatic nitrogens is 2. The van der Waals surface area contributed by atoms with Crippen LogP contribution >= 0.6 is 0 Å². The number of ether oxygens (including phenoxy) is 1. The third kappa shape index (κ3) is 3.33. The van der Waals surface area contributed by atoms with Crippen LogP contribution in [0.25, 0.3) is 0 Å². The van der Waals surface area contributed by atoms with Crippen LogP contribution in [-0.4, -0.2) is 40.6 Å². The van der Waals surface area contributed by atoms with Crippen LogP contribution in [-0.2, 0) is 4.74 Å². The highest BCUT2D eigenvalue weighted by molar-refractivity contribution is 5.91. The molecular formula is C17H20N4O4. The van der Waals surface area contributed by atoms with E-state index in [1.807, 2.05) is 15.7 Å². The van der Waals surface area contributed by atoms with Crippen LogP contribution in [0.4, 0.5) is 11.4 Å². The number of benzene rings is 1. The van der Waals surface area contributed by atoms with Gasteiger partial charge in [0.05, 0.1) is 30.0 Å². The number of esters is 1. The van der Waals surface area contributed by atoms with Gasteiger partial charge in [0.1, 0.15) is 5.69 Å². The molecule has 0 aliphatic carbocycles. The van der Waals surface area contributed by atoms with E-state index in [2.05, 4.69) is 11.9 Å². The molecule has 0 N–H and O–H groups in total. The summed E-state index contributed by atoms with van der Waals surface area (Å²) in [6, 6.07) is 4.50. The van der Waals surface area contributed by atoms with Crippen molar-refractivity contribution < 1.29 is 14.5 Å². The lowest BCUT2D eigenvalue weighted by molar-refractivity contribution is -0.384. The van der Waals surface area contributed by atoms with Crippen LogP contribution in [0.2, 0.25) is 0 Å². The van der Waals surface area contributed by atoms with Crippen LogP contribution in [0.3, 0.4) is 0 Å². The van der Waals surface area contributed by atoms with Gasteiger partial charge in [-0.2, -0.15) is 0 Å². The van der Waals surface area contributed by atoms with Crippen molar-refractivity contribution in [3.05, 3.63) is 52.6 Å². The number of carbonyl (C=O) groups excluding carboxylic acids is 1. The Morgan fingerprint density at radius 1 is 1.44 bits per heavy atom. The van der Waals surface area contributed by atoms with Gasteiger partial charge in [0.2, 0.25) is 0 Å². The molecule has 0 spiro atoms. The average molecular weight is 344 g/mol. The number of carbonyl (C=O) groups is 1. The van der Waals surface area contributed by atoms with Crippen molar-refractivity contribution in [2.24, 2.45) is 5.92 Å². The summed E-state index contributed by atoms with van der Waals surface area (Å²) in [4.78, 5) is 28.9. The fourth-order valence-electron chi connectivity index (χ4n) is 3.30. The number of anilines is 1. The molecular weight excluding hydrogens is 324 g/mol. The van der Waals surface area contributed by atoms with Gasteiger partial charge in [0, 0.05) is 31.5 Å². The number of imidazole rings is 1. The maximum atomic E-state index is 11.8. The summed E-state index contributed by atoms with van der Waals surface area (Å²) in [7, 11) is 1.29. The summed E-state index contributed by atoms with van der Waals surface area (Å²) in [5.74, 6) is -0.0824. The fourth-order valence-corrected chi connectivity index (χ4v) is 3.30. The molecule has 2 aromatic rings. The van der Waals surface area contributed by atoms with Gasteiger partial charge in [-0.25, -0.2) is 9.78 Å². The number of nitro groups is 1. The summed E-state index contributed by atoms with van der Waals surface area (Å²) >= 11 is 0. The Labute approximate surface area is 145 Å². The standard InChI is InChI=1S/C17H20N4O4/c1-12-5-7-19(10-16(12)20-8-6-18-11-20)15-9-13(17(22)25-2)3-4-14(15)21(23)24/h3-4,6,8-9,11-12,16H,5,7,10H2,1-2H3. The van der Waals surface area contributed by atoms with Crippen LogP contribution in [0.1, 0.15) is 29.7 Å². The first-order valence-electron chi connectivity index (χ1n) is 8.10. The van der Waals surface area contributed by atoms with E-state index in [-0.39, 0.29) is 11.7 Å². The highest BCUT2D eigenvalue weighted by Crippen LogP contribution is 2.35. The Morgan fingerprint density at radius 2 is 2.24 bits per heavy atom. The first kappa shape index (κ1) is 16.9. The maximum Gasteiger partial charge on any atom is 0.337 e. The quantitative estimate of drug-likeness (QED) is 0.481. The minimum Gasteiger partial charge on any atom is -0.465 e. The number of nitrogens with zero attached hydrogens (tertiary/aromatic N) is 4. The molecule has 1 aliphatic rings. The third-order valence-electron chi connectivity index (χ3n) is 4.76. The van der Waals surface area contributed by atoms with Crippen molar-refractivity contribution in [3.63, 3.8) is 0 Å². The van der Waals surface area contributed by atoms with Crippen LogP contribution in [0, 0.1) is 16.0 Å². The van der Waals surface area contributed by atoms with Crippen molar-refractivity contribution >= 4 is 17.3 Å². The Balaban J connectivity index is 1.96. The first-order valence-corrected chi connectivity index (χ1v) is 8.10. The maximum absolute atomic E-state index is 11.8. The fraction of sp³-hybridized carbons (Fsp3) is 0.412. The predicted octanol–water partition coefficient (Wildman–Crippen LogP) is 2.67. The largest absolute Gasteiger partial charge is 0.465 e. The van der Waals surface area contributed by atoms with Gasteiger partial charge >= 0.3 is 5.97 Å². The van der Waals surface area contributed by atoms with Gasteiger partial charge in [0.15, 0.2) is 0 Å². The second-order valence-electron chi connectivity index (χ2n) is 6.24. The number of hydrogen-bond acceptors (Lipinski definition) is 6. The Hall–Kier alpha value is -2.90. The highest BCUT2D eigenvalue weighted by atomic mass is 16.6. The molecule has 0 amide bonds. The first-order chi connectivity index (χ1) is 12.0. The molecule has 132 valence electrons. The number of rotatable bonds is 4. The van der Waals surface area contributed by atoms with Crippen LogP contribution < -0.4 is 4.90 Å². The predicted molar refractivity (Wildman–Crippen MR) is 91.7 cm³/mol. The van der Waals surface area contributed by atoms with Crippen molar-refractivity contribution in [2.75, 3.05) is 25.1 Å². The van der Waals surface area contributed by atoms with E-state index in [1.165, 1.54) is 19.2 Å². The van der Waals surface area contributed by atoms with Crippen molar-refractivity contribution in [3.8, 4) is 0 Å². The number of piperidine rings is 1. The molecule has 8 heteroatoms. The second-order valence-corrected chi connectivity index (χ2v) is 6.24. The molecule has 0 saturated carbocycles. The Morgan fingerprint density at radius 3 is 2.88 bits per heavy atom. The van der Waals surface area contributed by atoms with E-state index in [0.717, 1.165) is 6.42 Å². The molecule has 1 saturated heterocycles. The number of methoxy groups -OCH3 is 1. The van der Waals surface area contributed by atoms with Gasteiger partial charge < -0.3 is 14.2 Å². The zero-order valence-electron chi connectivity index (χ0n) is 14.2. The van der Waals surface area contributed by atoms with Gasteiger partial charge in [0.25, 0.3) is 5.69 Å². The zero-order chi connectivity index (χ0) is 18.0. The lowest BCUT2D eigenvalue weighted by Gasteiger charge is -2.38. The van der Waals surface area contributed by atoms with Crippen molar-refractivity contribution in [2.45, 2.75) is 19.4 Å². The van der Waals surface area contributed by atoms with Gasteiger partial charge in [-0.15, -0.1) is 0 Å². The third-order valence-corrected chi connectivity index (χ3v) is 4.76. The van der Waals surface area contributed by atoms with Crippen LogP contribution in [0.5, 0.6) is 0 Å². The van der Waals surface area contributed by atoms with E-state index < -0.39 is 10.9 Å². The van der Waals surface area contributed by atoms with Crippen LogP contribution in [0.15, 0.2) is 36.9 Å². The molecule has 25 heavy (non-hydrogen) atoms. The smallest absolute Gasteiger partial charge is 0.337 e. The zero-order valence-corrected chi connectivity index (χ0v) is 14.2. The molecule has 1 aromatic carbocycles. The molecule has 1 aromatic heterocycles. The van der Waals surface area contributed by atoms with E-state index in [1.54, 1.807) is 18.6 Å². The summed E-state index contributed by atoms with van der Waals surface area (Å²) in [5, 5.41) is 11.4. The molecule has 2 heterocycles. The molecule has 2 atom stereocenters. The average Bonchev–Trinajstić information content (AvgIpc) is 3.15. The van der Waals surface area contributed by atoms with Gasteiger partial charge in [-0.1, -0.05) is 6.92 Å². The molecule has 0 bridgehead atoms. The number of nitro benzene ring substituents is 1. The van der Waals surface area contributed by atoms with E-state index in [9.17, 15) is 14.9 Å². The second kappa shape index (κ2) is 6.92. The highest BCUT2D eigenvalue weighted by Gasteiger charge is 2.31. The Kier molecular flexibility index (Phi) is 4.69. The minimum absolute atomic E-state index is 0.00779. The van der Waals surface area contributed by atoms with E-state index in [0.29, 0.717) is 30.3 Å². The lowest BCUT2D eigenvalue weighted by atomic mass is 9.92. The molecule has 2 unspecified atom stereocenters. The lowest BCUT2D eigenvalue weighted by Crippen LogP contribution is -2.40. The summed E-state index contributed by atoms with van der Waals surface area (Å²) < 4.78 is 6.77.